The second-order valence-electron chi connectivity index (χ2n) is 10.9. The van der Waals surface area contributed by atoms with E-state index in [2.05, 4.69) is 13.8 Å². The van der Waals surface area contributed by atoms with Crippen molar-refractivity contribution >= 4 is 0 Å². The highest BCUT2D eigenvalue weighted by atomic mass is 16.4. The Morgan fingerprint density at radius 2 is 1.83 bits per heavy atom. The molecule has 9 atom stereocenters. The molecule has 4 saturated carbocycles. The Morgan fingerprint density at radius 1 is 1.03 bits per heavy atom. The minimum Gasteiger partial charge on any atom is -0.431 e. The average molecular weight is 403 g/mol. The zero-order valence-electron chi connectivity index (χ0n) is 17.5. The highest BCUT2D eigenvalue weighted by molar-refractivity contribution is 5.27. The number of hydrogen-bond acceptors (Lipinski definition) is 5. The molecule has 1 aromatic rings. The van der Waals surface area contributed by atoms with Crippen molar-refractivity contribution in [3.05, 3.63) is 34.4 Å². The van der Waals surface area contributed by atoms with Crippen molar-refractivity contribution in [2.24, 2.45) is 28.6 Å². The Kier molecular flexibility index (Phi) is 4.37. The van der Waals surface area contributed by atoms with Gasteiger partial charge in [-0.15, -0.1) is 0 Å². The van der Waals surface area contributed by atoms with Gasteiger partial charge < -0.3 is 19.7 Å². The van der Waals surface area contributed by atoms with Gasteiger partial charge in [-0.3, -0.25) is 0 Å². The molecule has 0 bridgehead atoms. The van der Waals surface area contributed by atoms with E-state index >= 15 is 0 Å². The molecule has 3 N–H and O–H groups in total. The second kappa shape index (κ2) is 6.41. The van der Waals surface area contributed by atoms with Gasteiger partial charge in [0, 0.05) is 17.4 Å². The molecular formula is C24H34O5. The largest absolute Gasteiger partial charge is 0.431 e. The van der Waals surface area contributed by atoms with Gasteiger partial charge in [0.2, 0.25) is 0 Å². The van der Waals surface area contributed by atoms with E-state index in [1.54, 1.807) is 6.26 Å². The van der Waals surface area contributed by atoms with E-state index in [-0.39, 0.29) is 40.3 Å². The van der Waals surface area contributed by atoms with Crippen LogP contribution in [0, 0.1) is 28.6 Å². The molecule has 0 aromatic carbocycles. The number of hydrogen-bond donors (Lipinski definition) is 3. The molecule has 4 fully saturated rings. The van der Waals surface area contributed by atoms with Crippen LogP contribution in [0.5, 0.6) is 0 Å². The van der Waals surface area contributed by atoms with Crippen LogP contribution < -0.4 is 5.63 Å². The molecular weight excluding hydrogens is 368 g/mol. The predicted octanol–water partition coefficient (Wildman–Crippen LogP) is 3.21. The lowest BCUT2D eigenvalue weighted by atomic mass is 9.42. The molecule has 1 heterocycles. The highest BCUT2D eigenvalue weighted by Gasteiger charge is 2.69. The van der Waals surface area contributed by atoms with E-state index in [9.17, 15) is 20.1 Å². The normalized spacial score (nSPS) is 51.8. The lowest BCUT2D eigenvalue weighted by molar-refractivity contribution is -0.238. The van der Waals surface area contributed by atoms with Gasteiger partial charge in [0.05, 0.1) is 24.1 Å². The molecule has 0 spiro atoms. The third kappa shape index (κ3) is 2.60. The Labute approximate surface area is 172 Å². The van der Waals surface area contributed by atoms with E-state index in [0.717, 1.165) is 44.1 Å². The third-order valence-corrected chi connectivity index (χ3v) is 9.95. The molecule has 4 aliphatic rings. The predicted molar refractivity (Wildman–Crippen MR) is 108 cm³/mol. The van der Waals surface area contributed by atoms with Crippen molar-refractivity contribution in [3.8, 4) is 0 Å². The Hall–Kier alpha value is -1.17. The quantitative estimate of drug-likeness (QED) is 0.671. The maximum Gasteiger partial charge on any atom is 0.335 e. The standard InChI is InChI=1S/C24H34O5/c1-22-8-5-16(25)11-15(22)12-19(26)21-18(22)6-9-23(2)17(7-10-24(21,23)28)14-3-4-20(27)29-13-14/h3-4,13,15-19,21,25-26,28H,5-12H2,1-2H3/t15-,16+,17+,18-,19-,21-,22-,23+,24-/m0/s1. The van der Waals surface area contributed by atoms with Gasteiger partial charge in [-0.25, -0.2) is 4.79 Å². The summed E-state index contributed by atoms with van der Waals surface area (Å²) in [5.74, 6) is 0.618. The van der Waals surface area contributed by atoms with E-state index in [0.29, 0.717) is 18.8 Å². The first-order valence-electron chi connectivity index (χ1n) is 11.4. The van der Waals surface area contributed by atoms with Crippen molar-refractivity contribution in [2.45, 2.75) is 88.9 Å². The van der Waals surface area contributed by atoms with Gasteiger partial charge in [0.1, 0.15) is 0 Å². The van der Waals surface area contributed by atoms with Gasteiger partial charge in [-0.05, 0) is 86.2 Å². The summed E-state index contributed by atoms with van der Waals surface area (Å²) in [6.07, 6.45) is 7.47. The molecule has 0 aliphatic heterocycles. The first kappa shape index (κ1) is 19.8. The maximum absolute atomic E-state index is 12.2. The Morgan fingerprint density at radius 3 is 2.55 bits per heavy atom. The molecule has 4 aliphatic carbocycles. The summed E-state index contributed by atoms with van der Waals surface area (Å²) in [5.41, 5.74) is -0.543. The van der Waals surface area contributed by atoms with Crippen LogP contribution in [0.1, 0.15) is 76.7 Å². The average Bonchev–Trinajstić information content (AvgIpc) is 2.95. The zero-order chi connectivity index (χ0) is 20.6. The topological polar surface area (TPSA) is 90.9 Å². The first-order valence-corrected chi connectivity index (χ1v) is 11.4. The Bertz CT molecular complexity index is 829. The minimum atomic E-state index is -0.916. The van der Waals surface area contributed by atoms with Gasteiger partial charge in [-0.1, -0.05) is 13.8 Å². The number of fused-ring (bicyclic) bond motifs is 5. The van der Waals surface area contributed by atoms with Gasteiger partial charge in [0.25, 0.3) is 0 Å². The summed E-state index contributed by atoms with van der Waals surface area (Å²) in [6.45, 7) is 4.52. The van der Waals surface area contributed by atoms with Crippen LogP contribution in [-0.4, -0.2) is 33.1 Å². The fourth-order valence-electron chi connectivity index (χ4n) is 8.29. The highest BCUT2D eigenvalue weighted by Crippen LogP contribution is 2.70. The molecule has 0 unspecified atom stereocenters. The summed E-state index contributed by atoms with van der Waals surface area (Å²) in [6, 6.07) is 3.31. The van der Waals surface area contributed by atoms with Crippen LogP contribution in [0.4, 0.5) is 0 Å². The fourth-order valence-corrected chi connectivity index (χ4v) is 8.29. The SMILES string of the molecule is C[C@]12CC[C@@H](O)C[C@H]1C[C@H](O)[C@@H]1[C@@H]2CC[C@]2(C)[C@@H](c3ccc(=O)oc3)CC[C@]12O. The van der Waals surface area contributed by atoms with E-state index < -0.39 is 11.7 Å². The van der Waals surface area contributed by atoms with Crippen molar-refractivity contribution in [2.75, 3.05) is 0 Å². The van der Waals surface area contributed by atoms with Crippen LogP contribution in [-0.2, 0) is 0 Å². The molecule has 0 radical (unpaired) electrons. The van der Waals surface area contributed by atoms with Gasteiger partial charge >= 0.3 is 5.63 Å². The van der Waals surface area contributed by atoms with Crippen LogP contribution in [0.25, 0.3) is 0 Å². The number of aliphatic hydroxyl groups excluding tert-OH is 2. The monoisotopic (exact) mass is 402 g/mol. The van der Waals surface area contributed by atoms with Crippen molar-refractivity contribution < 1.29 is 19.7 Å². The molecule has 0 saturated heterocycles. The van der Waals surface area contributed by atoms with Crippen LogP contribution in [0.2, 0.25) is 0 Å². The lowest BCUT2D eigenvalue weighted by Crippen LogP contribution is -2.66. The van der Waals surface area contributed by atoms with Crippen LogP contribution in [0.3, 0.4) is 0 Å². The van der Waals surface area contributed by atoms with Crippen molar-refractivity contribution in [3.63, 3.8) is 0 Å². The smallest absolute Gasteiger partial charge is 0.335 e. The summed E-state index contributed by atoms with van der Waals surface area (Å²) < 4.78 is 5.14. The Balaban J connectivity index is 1.52. The second-order valence-corrected chi connectivity index (χ2v) is 10.9. The van der Waals surface area contributed by atoms with Gasteiger partial charge in [-0.2, -0.15) is 0 Å². The van der Waals surface area contributed by atoms with Gasteiger partial charge in [0.15, 0.2) is 0 Å². The van der Waals surface area contributed by atoms with Crippen LogP contribution in [0.15, 0.2) is 27.6 Å². The minimum absolute atomic E-state index is 0.0812. The zero-order valence-corrected chi connectivity index (χ0v) is 17.5. The molecule has 5 heteroatoms. The van der Waals surface area contributed by atoms with Crippen LogP contribution >= 0.6 is 0 Å². The summed E-state index contributed by atoms with van der Waals surface area (Å²) in [5, 5.41) is 33.6. The van der Waals surface area contributed by atoms with Crippen molar-refractivity contribution in [1.29, 1.82) is 0 Å². The van der Waals surface area contributed by atoms with E-state index in [1.165, 1.54) is 6.07 Å². The third-order valence-electron chi connectivity index (χ3n) is 9.95. The molecule has 5 rings (SSSR count). The van der Waals surface area contributed by atoms with E-state index in [4.69, 9.17) is 4.42 Å². The molecule has 29 heavy (non-hydrogen) atoms. The first-order chi connectivity index (χ1) is 13.7. The maximum atomic E-state index is 12.2. The number of rotatable bonds is 1. The lowest BCUT2D eigenvalue weighted by Gasteiger charge is -2.64. The molecule has 5 nitrogen and oxygen atoms in total. The van der Waals surface area contributed by atoms with Crippen molar-refractivity contribution in [1.82, 2.24) is 0 Å². The van der Waals surface area contributed by atoms with E-state index in [1.807, 2.05) is 6.07 Å². The molecule has 1 aromatic heterocycles. The molecule has 160 valence electrons. The number of aliphatic hydroxyl groups is 3. The summed E-state index contributed by atoms with van der Waals surface area (Å²) in [7, 11) is 0. The summed E-state index contributed by atoms with van der Waals surface area (Å²) in [4.78, 5) is 11.4. The fraction of sp³-hybridized carbons (Fsp3) is 0.792. The molecule has 0 amide bonds. The summed E-state index contributed by atoms with van der Waals surface area (Å²) >= 11 is 0.